The first kappa shape index (κ1) is 12.5. The third kappa shape index (κ3) is 4.23. The van der Waals surface area contributed by atoms with E-state index in [0.29, 0.717) is 18.9 Å². The molecule has 0 bridgehead atoms. The molecule has 0 aromatic heterocycles. The van der Waals surface area contributed by atoms with Crippen molar-refractivity contribution in [2.45, 2.75) is 32.6 Å². The third-order valence-corrected chi connectivity index (χ3v) is 4.45. The minimum Gasteiger partial charge on any atom is -0.212 e. The fourth-order valence-electron chi connectivity index (χ4n) is 1.42. The molecule has 0 spiro atoms. The molecule has 3 nitrogen and oxygen atoms in total. The Morgan fingerprint density at radius 1 is 1.47 bits per heavy atom. The number of unbranched alkanes of at least 4 members (excludes halogenated alkanes) is 1. The quantitative estimate of drug-likeness (QED) is 0.620. The van der Waals surface area contributed by atoms with Crippen LogP contribution in [0.3, 0.4) is 0 Å². The standard InChI is InChI=1S/C11H19NO2S/c1-3-5-9-15(13,14)12(8-4-2)10-11-6-7-11/h2,11H,3,5-10H2,1H3. The van der Waals surface area contributed by atoms with Crippen molar-refractivity contribution in [2.24, 2.45) is 5.92 Å². The van der Waals surface area contributed by atoms with Gasteiger partial charge in [-0.15, -0.1) is 6.42 Å². The number of hydrogen-bond acceptors (Lipinski definition) is 2. The maximum Gasteiger partial charge on any atom is 0.214 e. The second-order valence-electron chi connectivity index (χ2n) is 4.11. The Morgan fingerprint density at radius 2 is 2.13 bits per heavy atom. The lowest BCUT2D eigenvalue weighted by molar-refractivity contribution is 0.429. The van der Waals surface area contributed by atoms with Crippen LogP contribution < -0.4 is 0 Å². The van der Waals surface area contributed by atoms with Crippen LogP contribution in [0, 0.1) is 18.3 Å². The first-order chi connectivity index (χ1) is 7.10. The van der Waals surface area contributed by atoms with E-state index >= 15 is 0 Å². The van der Waals surface area contributed by atoms with Gasteiger partial charge in [-0.2, -0.15) is 4.31 Å². The molecule has 0 aliphatic heterocycles. The largest absolute Gasteiger partial charge is 0.214 e. The van der Waals surface area contributed by atoms with E-state index in [-0.39, 0.29) is 12.3 Å². The van der Waals surface area contributed by atoms with Crippen LogP contribution in [0.4, 0.5) is 0 Å². The molecule has 0 N–H and O–H groups in total. The highest BCUT2D eigenvalue weighted by Crippen LogP contribution is 2.30. The second kappa shape index (κ2) is 5.53. The van der Waals surface area contributed by atoms with E-state index in [0.717, 1.165) is 19.3 Å². The molecule has 0 saturated heterocycles. The Kier molecular flexibility index (Phi) is 4.62. The van der Waals surface area contributed by atoms with Crippen molar-refractivity contribution in [1.82, 2.24) is 4.31 Å². The molecule has 0 aromatic rings. The molecule has 15 heavy (non-hydrogen) atoms. The molecule has 4 heteroatoms. The highest BCUT2D eigenvalue weighted by molar-refractivity contribution is 7.89. The van der Waals surface area contributed by atoms with E-state index in [1.165, 1.54) is 4.31 Å². The first-order valence-electron chi connectivity index (χ1n) is 5.51. The van der Waals surface area contributed by atoms with Gasteiger partial charge in [-0.1, -0.05) is 19.3 Å². The van der Waals surface area contributed by atoms with Gasteiger partial charge in [-0.05, 0) is 25.2 Å². The zero-order valence-corrected chi connectivity index (χ0v) is 10.1. The van der Waals surface area contributed by atoms with Crippen LogP contribution >= 0.6 is 0 Å². The first-order valence-corrected chi connectivity index (χ1v) is 7.12. The molecule has 0 aromatic carbocycles. The van der Waals surface area contributed by atoms with Crippen LogP contribution in [0.5, 0.6) is 0 Å². The predicted octanol–water partition coefficient (Wildman–Crippen LogP) is 1.46. The number of sulfonamides is 1. The van der Waals surface area contributed by atoms with Gasteiger partial charge in [0.25, 0.3) is 0 Å². The Balaban J connectivity index is 2.55. The summed E-state index contributed by atoms with van der Waals surface area (Å²) >= 11 is 0. The number of nitrogens with zero attached hydrogens (tertiary/aromatic N) is 1. The molecule has 0 atom stereocenters. The van der Waals surface area contributed by atoms with E-state index in [4.69, 9.17) is 6.42 Å². The molecule has 1 fully saturated rings. The van der Waals surface area contributed by atoms with Crippen molar-refractivity contribution in [1.29, 1.82) is 0 Å². The van der Waals surface area contributed by atoms with Crippen molar-refractivity contribution in [2.75, 3.05) is 18.8 Å². The van der Waals surface area contributed by atoms with Gasteiger partial charge in [-0.3, -0.25) is 0 Å². The minimum absolute atomic E-state index is 0.225. The Bertz CT molecular complexity index is 325. The third-order valence-electron chi connectivity index (χ3n) is 2.58. The zero-order valence-electron chi connectivity index (χ0n) is 9.28. The Hall–Kier alpha value is -0.530. The molecule has 1 rings (SSSR count). The van der Waals surface area contributed by atoms with E-state index < -0.39 is 10.0 Å². The molecular formula is C11H19NO2S. The second-order valence-corrected chi connectivity index (χ2v) is 6.20. The lowest BCUT2D eigenvalue weighted by atomic mass is 10.4. The maximum atomic E-state index is 11.9. The minimum atomic E-state index is -3.11. The molecule has 1 saturated carbocycles. The molecule has 1 aliphatic carbocycles. The lowest BCUT2D eigenvalue weighted by Crippen LogP contribution is -2.35. The van der Waals surface area contributed by atoms with Gasteiger partial charge in [0.2, 0.25) is 10.0 Å². The van der Waals surface area contributed by atoms with Crippen molar-refractivity contribution in [3.05, 3.63) is 0 Å². The van der Waals surface area contributed by atoms with Crippen molar-refractivity contribution in [3.63, 3.8) is 0 Å². The molecule has 1 aliphatic rings. The van der Waals surface area contributed by atoms with Crippen LogP contribution in [0.2, 0.25) is 0 Å². The van der Waals surface area contributed by atoms with E-state index in [1.54, 1.807) is 0 Å². The van der Waals surface area contributed by atoms with Gasteiger partial charge in [0, 0.05) is 6.54 Å². The van der Waals surface area contributed by atoms with Crippen molar-refractivity contribution >= 4 is 10.0 Å². The average molecular weight is 229 g/mol. The molecule has 86 valence electrons. The Labute approximate surface area is 92.9 Å². The topological polar surface area (TPSA) is 37.4 Å². The van der Waals surface area contributed by atoms with Gasteiger partial charge >= 0.3 is 0 Å². The van der Waals surface area contributed by atoms with Gasteiger partial charge in [0.1, 0.15) is 0 Å². The molecule has 0 amide bonds. The van der Waals surface area contributed by atoms with Gasteiger partial charge in [0.05, 0.1) is 12.3 Å². The van der Waals surface area contributed by atoms with Crippen molar-refractivity contribution < 1.29 is 8.42 Å². The van der Waals surface area contributed by atoms with Crippen molar-refractivity contribution in [3.8, 4) is 12.3 Å². The van der Waals surface area contributed by atoms with E-state index in [1.807, 2.05) is 6.92 Å². The molecule has 0 unspecified atom stereocenters. The van der Waals surface area contributed by atoms with Crippen LogP contribution in [0.25, 0.3) is 0 Å². The van der Waals surface area contributed by atoms with E-state index in [9.17, 15) is 8.42 Å². The van der Waals surface area contributed by atoms with Gasteiger partial charge in [0.15, 0.2) is 0 Å². The van der Waals surface area contributed by atoms with Crippen LogP contribution in [0.15, 0.2) is 0 Å². The predicted molar refractivity (Wildman–Crippen MR) is 61.8 cm³/mol. The normalized spacial score (nSPS) is 16.6. The SMILES string of the molecule is C#CCN(CC1CC1)S(=O)(=O)CCCC. The van der Waals surface area contributed by atoms with Crippen LogP contribution in [-0.4, -0.2) is 31.6 Å². The maximum absolute atomic E-state index is 11.9. The van der Waals surface area contributed by atoms with Gasteiger partial charge < -0.3 is 0 Å². The summed E-state index contributed by atoms with van der Waals surface area (Å²) in [6.07, 6.45) is 9.09. The summed E-state index contributed by atoms with van der Waals surface area (Å²) in [7, 11) is -3.11. The van der Waals surface area contributed by atoms with Crippen LogP contribution in [-0.2, 0) is 10.0 Å². The zero-order chi connectivity index (χ0) is 11.3. The summed E-state index contributed by atoms with van der Waals surface area (Å²) in [6.45, 7) is 2.83. The monoisotopic (exact) mass is 229 g/mol. The molecule has 0 radical (unpaired) electrons. The van der Waals surface area contributed by atoms with Gasteiger partial charge in [-0.25, -0.2) is 8.42 Å². The summed E-state index contributed by atoms with van der Waals surface area (Å²) in [5.41, 5.74) is 0. The summed E-state index contributed by atoms with van der Waals surface area (Å²) in [4.78, 5) is 0. The Morgan fingerprint density at radius 3 is 2.60 bits per heavy atom. The van der Waals surface area contributed by atoms with Crippen LogP contribution in [0.1, 0.15) is 32.6 Å². The summed E-state index contributed by atoms with van der Waals surface area (Å²) < 4.78 is 25.2. The molecular weight excluding hydrogens is 210 g/mol. The lowest BCUT2D eigenvalue weighted by Gasteiger charge is -2.19. The fraction of sp³-hybridized carbons (Fsp3) is 0.818. The number of rotatable bonds is 7. The summed E-state index contributed by atoms with van der Waals surface area (Å²) in [6, 6.07) is 0. The number of hydrogen-bond donors (Lipinski definition) is 0. The molecule has 0 heterocycles. The highest BCUT2D eigenvalue weighted by atomic mass is 32.2. The highest BCUT2D eigenvalue weighted by Gasteiger charge is 2.29. The van der Waals surface area contributed by atoms with E-state index in [2.05, 4.69) is 5.92 Å². The summed E-state index contributed by atoms with van der Waals surface area (Å²) in [5, 5.41) is 0. The smallest absolute Gasteiger partial charge is 0.212 e. The average Bonchev–Trinajstić information content (AvgIpc) is 2.98. The fourth-order valence-corrected chi connectivity index (χ4v) is 3.04. The summed E-state index contributed by atoms with van der Waals surface area (Å²) in [5.74, 6) is 3.21. The number of terminal acetylenes is 1.